The van der Waals surface area contributed by atoms with Gasteiger partial charge in [-0.25, -0.2) is 4.79 Å². The van der Waals surface area contributed by atoms with Gasteiger partial charge in [0.1, 0.15) is 13.2 Å². The third-order valence-corrected chi connectivity index (χ3v) is 7.26. The number of ether oxygens (including phenoxy) is 3. The Bertz CT molecular complexity index is 1190. The van der Waals surface area contributed by atoms with Crippen molar-refractivity contribution in [2.75, 3.05) is 26.4 Å². The minimum absolute atomic E-state index is 0.106. The zero-order chi connectivity index (χ0) is 24.8. The van der Waals surface area contributed by atoms with E-state index >= 15 is 0 Å². The van der Waals surface area contributed by atoms with E-state index in [1.807, 2.05) is 4.90 Å². The summed E-state index contributed by atoms with van der Waals surface area (Å²) >= 11 is 0. The summed E-state index contributed by atoms with van der Waals surface area (Å²) in [7, 11) is 0. The molecule has 0 unspecified atom stereocenters. The van der Waals surface area contributed by atoms with Crippen molar-refractivity contribution >= 4 is 17.7 Å². The molecule has 0 radical (unpaired) electrons. The van der Waals surface area contributed by atoms with Gasteiger partial charge in [-0.1, -0.05) is 39.0 Å². The van der Waals surface area contributed by atoms with Crippen molar-refractivity contribution in [1.29, 1.82) is 0 Å². The summed E-state index contributed by atoms with van der Waals surface area (Å²) in [5.74, 6) is -0.110. The molecule has 7 nitrogen and oxygen atoms in total. The van der Waals surface area contributed by atoms with Gasteiger partial charge in [0, 0.05) is 23.7 Å². The minimum Gasteiger partial charge on any atom is -0.486 e. The summed E-state index contributed by atoms with van der Waals surface area (Å²) in [6.07, 6.45) is 3.02. The van der Waals surface area contributed by atoms with Crippen LogP contribution in [0.4, 0.5) is 0 Å². The third-order valence-electron chi connectivity index (χ3n) is 7.26. The van der Waals surface area contributed by atoms with Crippen LogP contribution in [0.25, 0.3) is 0 Å². The predicted octanol–water partition coefficient (Wildman–Crippen LogP) is 4.27. The fourth-order valence-electron chi connectivity index (χ4n) is 6.24. The summed E-state index contributed by atoms with van der Waals surface area (Å²) in [5.41, 5.74) is 1.03. The molecule has 184 valence electrons. The monoisotopic (exact) mass is 477 g/mol. The molecular formula is C28H31NO6. The molecule has 0 aromatic heterocycles. The number of esters is 1. The molecule has 7 heteroatoms. The fourth-order valence-corrected chi connectivity index (χ4v) is 6.24. The van der Waals surface area contributed by atoms with E-state index in [0.29, 0.717) is 36.8 Å². The lowest BCUT2D eigenvalue weighted by Crippen LogP contribution is -2.39. The number of likely N-dealkylation sites (tertiary alicyclic amines) is 1. The fraction of sp³-hybridized carbons (Fsp3) is 0.464. The first-order chi connectivity index (χ1) is 16.6. The van der Waals surface area contributed by atoms with Gasteiger partial charge in [-0.3, -0.25) is 9.59 Å². The Kier molecular flexibility index (Phi) is 5.82. The van der Waals surface area contributed by atoms with Crippen LogP contribution in [-0.2, 0) is 9.53 Å². The molecule has 1 saturated heterocycles. The second kappa shape index (κ2) is 8.70. The van der Waals surface area contributed by atoms with Crippen molar-refractivity contribution in [2.45, 2.75) is 46.1 Å². The summed E-state index contributed by atoms with van der Waals surface area (Å²) in [4.78, 5) is 41.1. The SMILES string of the molecule is CC1(C)C[C@H]2C[C@@](C)(CN2C(=O)COC(=O)c2ccccc2C(=O)c2ccc3c(c2)OCCO3)C1. The van der Waals surface area contributed by atoms with Crippen molar-refractivity contribution in [3.8, 4) is 11.5 Å². The number of carbonyl (C=O) groups is 3. The molecule has 2 aliphatic heterocycles. The van der Waals surface area contributed by atoms with Gasteiger partial charge in [0.25, 0.3) is 5.91 Å². The molecule has 1 aliphatic carbocycles. The average Bonchev–Trinajstić information content (AvgIpc) is 3.10. The number of fused-ring (bicyclic) bond motifs is 3. The van der Waals surface area contributed by atoms with Gasteiger partial charge in [0.05, 0.1) is 5.56 Å². The van der Waals surface area contributed by atoms with Crippen LogP contribution in [0.1, 0.15) is 66.3 Å². The highest BCUT2D eigenvalue weighted by atomic mass is 16.6. The number of carbonyl (C=O) groups excluding carboxylic acids is 3. The van der Waals surface area contributed by atoms with Crippen molar-refractivity contribution in [3.05, 3.63) is 59.2 Å². The van der Waals surface area contributed by atoms with Crippen LogP contribution in [0, 0.1) is 10.8 Å². The normalized spacial score (nSPS) is 24.1. The molecule has 1 saturated carbocycles. The Morgan fingerprint density at radius 2 is 1.69 bits per heavy atom. The van der Waals surface area contributed by atoms with Gasteiger partial charge >= 0.3 is 5.97 Å². The largest absolute Gasteiger partial charge is 0.486 e. The molecule has 5 rings (SSSR count). The number of benzene rings is 2. The Hall–Kier alpha value is -3.35. The van der Waals surface area contributed by atoms with Crippen LogP contribution < -0.4 is 9.47 Å². The van der Waals surface area contributed by atoms with E-state index in [4.69, 9.17) is 14.2 Å². The van der Waals surface area contributed by atoms with Crippen LogP contribution in [0.3, 0.4) is 0 Å². The van der Waals surface area contributed by atoms with Gasteiger partial charge in [0.2, 0.25) is 0 Å². The van der Waals surface area contributed by atoms with E-state index in [2.05, 4.69) is 20.8 Å². The van der Waals surface area contributed by atoms with Crippen molar-refractivity contribution in [3.63, 3.8) is 0 Å². The second-order valence-electron chi connectivity index (χ2n) is 11.0. The van der Waals surface area contributed by atoms with E-state index in [1.54, 1.807) is 42.5 Å². The summed E-state index contributed by atoms with van der Waals surface area (Å²) in [5, 5.41) is 0. The van der Waals surface area contributed by atoms with Crippen molar-refractivity contribution in [2.24, 2.45) is 10.8 Å². The Labute approximate surface area is 205 Å². The smallest absolute Gasteiger partial charge is 0.339 e. The van der Waals surface area contributed by atoms with E-state index in [9.17, 15) is 14.4 Å². The molecule has 2 fully saturated rings. The first kappa shape index (κ1) is 23.4. The van der Waals surface area contributed by atoms with Crippen LogP contribution in [0.2, 0.25) is 0 Å². The predicted molar refractivity (Wildman–Crippen MR) is 129 cm³/mol. The number of rotatable bonds is 5. The molecule has 35 heavy (non-hydrogen) atoms. The standard InChI is InChI=1S/C28H31NO6/c1-27(2)13-19-14-28(3,16-27)17-29(19)24(30)15-35-26(32)21-7-5-4-6-20(21)25(31)18-8-9-22-23(12-18)34-11-10-33-22/h4-9,12,19H,10-11,13-17H2,1-3H3/t19-,28+/m0/s1. The van der Waals surface area contributed by atoms with E-state index in [0.717, 1.165) is 19.3 Å². The number of ketones is 1. The second-order valence-corrected chi connectivity index (χ2v) is 11.0. The molecule has 3 aliphatic rings. The molecule has 2 aromatic carbocycles. The number of nitrogens with zero attached hydrogens (tertiary/aromatic N) is 1. The Morgan fingerprint density at radius 1 is 0.971 bits per heavy atom. The molecule has 0 N–H and O–H groups in total. The molecule has 0 spiro atoms. The van der Waals surface area contributed by atoms with Gasteiger partial charge in [-0.05, 0) is 54.4 Å². The van der Waals surface area contributed by atoms with Gasteiger partial charge in [-0.15, -0.1) is 0 Å². The first-order valence-electron chi connectivity index (χ1n) is 12.1. The molecule has 2 atom stereocenters. The van der Waals surface area contributed by atoms with E-state index < -0.39 is 5.97 Å². The zero-order valence-corrected chi connectivity index (χ0v) is 20.5. The minimum atomic E-state index is -0.687. The summed E-state index contributed by atoms with van der Waals surface area (Å²) in [6.45, 7) is 7.97. The van der Waals surface area contributed by atoms with Gasteiger partial charge in [0.15, 0.2) is 23.9 Å². The Morgan fingerprint density at radius 3 is 2.46 bits per heavy atom. The van der Waals surface area contributed by atoms with Gasteiger partial charge < -0.3 is 19.1 Å². The highest BCUT2D eigenvalue weighted by Gasteiger charge is 2.51. The van der Waals surface area contributed by atoms with Crippen molar-refractivity contribution < 1.29 is 28.6 Å². The lowest BCUT2D eigenvalue weighted by Gasteiger charge is -2.39. The highest BCUT2D eigenvalue weighted by molar-refractivity contribution is 6.14. The number of hydrogen-bond acceptors (Lipinski definition) is 6. The average molecular weight is 478 g/mol. The van der Waals surface area contributed by atoms with Gasteiger partial charge in [-0.2, -0.15) is 0 Å². The highest BCUT2D eigenvalue weighted by Crippen LogP contribution is 2.52. The quantitative estimate of drug-likeness (QED) is 0.473. The lowest BCUT2D eigenvalue weighted by molar-refractivity contribution is -0.135. The molecule has 2 heterocycles. The first-order valence-corrected chi connectivity index (χ1v) is 12.1. The molecule has 2 bridgehead atoms. The van der Waals surface area contributed by atoms with Crippen LogP contribution >= 0.6 is 0 Å². The summed E-state index contributed by atoms with van der Waals surface area (Å²) < 4.78 is 16.5. The van der Waals surface area contributed by atoms with E-state index in [1.165, 1.54) is 0 Å². The summed E-state index contributed by atoms with van der Waals surface area (Å²) in [6, 6.07) is 11.6. The van der Waals surface area contributed by atoms with E-state index in [-0.39, 0.29) is 46.3 Å². The van der Waals surface area contributed by atoms with Crippen LogP contribution in [-0.4, -0.2) is 55.0 Å². The topological polar surface area (TPSA) is 82.1 Å². The van der Waals surface area contributed by atoms with Crippen LogP contribution in [0.5, 0.6) is 11.5 Å². The number of amides is 1. The Balaban J connectivity index is 1.28. The third kappa shape index (κ3) is 4.64. The lowest BCUT2D eigenvalue weighted by atomic mass is 9.65. The molecule has 2 aromatic rings. The van der Waals surface area contributed by atoms with Crippen LogP contribution in [0.15, 0.2) is 42.5 Å². The maximum atomic E-state index is 13.2. The molecular weight excluding hydrogens is 446 g/mol. The molecule has 1 amide bonds. The maximum absolute atomic E-state index is 13.2. The number of hydrogen-bond donors (Lipinski definition) is 0. The van der Waals surface area contributed by atoms with Crippen molar-refractivity contribution in [1.82, 2.24) is 4.90 Å². The maximum Gasteiger partial charge on any atom is 0.339 e. The zero-order valence-electron chi connectivity index (χ0n) is 20.5.